The predicted octanol–water partition coefficient (Wildman–Crippen LogP) is 4.61. The van der Waals surface area contributed by atoms with E-state index < -0.39 is 0 Å². The fraction of sp³-hybridized carbons (Fsp3) is 0.118. The Morgan fingerprint density at radius 2 is 2.04 bits per heavy atom. The second kappa shape index (κ2) is 6.82. The van der Waals surface area contributed by atoms with Crippen LogP contribution in [0.1, 0.15) is 18.4 Å². The van der Waals surface area contributed by atoms with E-state index >= 15 is 0 Å². The summed E-state index contributed by atoms with van der Waals surface area (Å²) in [5, 5.41) is 14.4. The van der Waals surface area contributed by atoms with Crippen LogP contribution in [0, 0.1) is 10.7 Å². The molecule has 23 heavy (non-hydrogen) atoms. The van der Waals surface area contributed by atoms with Gasteiger partial charge in [-0.25, -0.2) is 4.98 Å². The standard InChI is InChI=1S/C17H13N3OS2/c1-11(12-6-3-2-4-7-12)16(21)20-17-19-13-8-5-9-14(22-10-18)15(13)23-17/h2-9,11H,1H3,(H,19,20,21)/t11-/m1/s1. The molecule has 0 aliphatic carbocycles. The quantitative estimate of drug-likeness (QED) is 0.557. The van der Waals surface area contributed by atoms with Crippen LogP contribution in [0.4, 0.5) is 5.13 Å². The summed E-state index contributed by atoms with van der Waals surface area (Å²) in [6.45, 7) is 1.87. The zero-order valence-corrected chi connectivity index (χ0v) is 13.9. The van der Waals surface area contributed by atoms with Gasteiger partial charge in [0.15, 0.2) is 5.13 Å². The normalized spacial score (nSPS) is 11.8. The van der Waals surface area contributed by atoms with Crippen LogP contribution >= 0.6 is 23.1 Å². The van der Waals surface area contributed by atoms with Crippen molar-refractivity contribution in [3.8, 4) is 5.40 Å². The lowest BCUT2D eigenvalue weighted by atomic mass is 10.0. The minimum absolute atomic E-state index is 0.0928. The number of anilines is 1. The molecule has 0 unspecified atom stereocenters. The molecule has 0 bridgehead atoms. The number of nitrogens with one attached hydrogen (secondary N) is 1. The highest BCUT2D eigenvalue weighted by atomic mass is 32.2. The van der Waals surface area contributed by atoms with Crippen LogP contribution in [0.25, 0.3) is 10.2 Å². The Bertz CT molecular complexity index is 884. The van der Waals surface area contributed by atoms with E-state index in [1.54, 1.807) is 0 Å². The number of amides is 1. The fourth-order valence-corrected chi connectivity index (χ4v) is 3.78. The van der Waals surface area contributed by atoms with Crippen molar-refractivity contribution in [3.05, 3.63) is 54.1 Å². The number of carbonyl (C=O) groups excluding carboxylic acids is 1. The third-order valence-corrected chi connectivity index (χ3v) is 5.26. The molecule has 0 fully saturated rings. The topological polar surface area (TPSA) is 65.8 Å². The molecule has 0 saturated heterocycles. The molecule has 0 saturated carbocycles. The SMILES string of the molecule is C[C@@H](C(=O)Nc1nc2cccc(SC#N)c2s1)c1ccccc1. The molecule has 1 amide bonds. The van der Waals surface area contributed by atoms with E-state index in [1.165, 1.54) is 11.3 Å². The summed E-state index contributed by atoms with van der Waals surface area (Å²) in [6, 6.07) is 15.3. The summed E-state index contributed by atoms with van der Waals surface area (Å²) in [6.07, 6.45) is 0. The maximum atomic E-state index is 12.4. The van der Waals surface area contributed by atoms with Gasteiger partial charge in [-0.05, 0) is 36.4 Å². The number of rotatable bonds is 4. The van der Waals surface area contributed by atoms with Gasteiger partial charge in [0, 0.05) is 4.90 Å². The van der Waals surface area contributed by atoms with Gasteiger partial charge in [0.25, 0.3) is 0 Å². The number of thioether (sulfide) groups is 1. The lowest BCUT2D eigenvalue weighted by Gasteiger charge is -2.10. The van der Waals surface area contributed by atoms with Gasteiger partial charge in [-0.2, -0.15) is 5.26 Å². The third-order valence-electron chi connectivity index (χ3n) is 3.46. The van der Waals surface area contributed by atoms with Crippen LogP contribution in [0.15, 0.2) is 53.4 Å². The largest absolute Gasteiger partial charge is 0.301 e. The minimum atomic E-state index is -0.254. The molecular weight excluding hydrogens is 326 g/mol. The van der Waals surface area contributed by atoms with Crippen LogP contribution in [0.3, 0.4) is 0 Å². The molecule has 1 N–H and O–H groups in total. The summed E-state index contributed by atoms with van der Waals surface area (Å²) in [5.41, 5.74) is 1.75. The summed E-state index contributed by atoms with van der Waals surface area (Å²) < 4.78 is 0.918. The zero-order valence-electron chi connectivity index (χ0n) is 12.3. The summed E-state index contributed by atoms with van der Waals surface area (Å²) >= 11 is 2.49. The van der Waals surface area contributed by atoms with Gasteiger partial charge >= 0.3 is 0 Å². The lowest BCUT2D eigenvalue weighted by Crippen LogP contribution is -2.18. The number of aromatic nitrogens is 1. The van der Waals surface area contributed by atoms with Crippen LogP contribution in [0.2, 0.25) is 0 Å². The van der Waals surface area contributed by atoms with E-state index in [4.69, 9.17) is 5.26 Å². The number of benzene rings is 2. The van der Waals surface area contributed by atoms with Gasteiger partial charge in [-0.15, -0.1) is 0 Å². The molecule has 1 aromatic heterocycles. The van der Waals surface area contributed by atoms with Crippen molar-refractivity contribution in [2.24, 2.45) is 0 Å². The number of thiazole rings is 1. The van der Waals surface area contributed by atoms with Gasteiger partial charge in [0.2, 0.25) is 5.91 Å². The Kier molecular flexibility index (Phi) is 4.60. The molecule has 0 radical (unpaired) electrons. The number of nitrogens with zero attached hydrogens (tertiary/aromatic N) is 2. The second-order valence-corrected chi connectivity index (χ2v) is 6.76. The number of hydrogen-bond donors (Lipinski definition) is 1. The molecule has 114 valence electrons. The first-order valence-corrected chi connectivity index (χ1v) is 8.63. The van der Waals surface area contributed by atoms with Crippen molar-refractivity contribution in [2.45, 2.75) is 17.7 Å². The second-order valence-electron chi connectivity index (χ2n) is 4.94. The van der Waals surface area contributed by atoms with Crippen LogP contribution < -0.4 is 5.32 Å². The van der Waals surface area contributed by atoms with Crippen molar-refractivity contribution >= 4 is 44.4 Å². The zero-order chi connectivity index (χ0) is 16.2. The monoisotopic (exact) mass is 339 g/mol. The van der Waals surface area contributed by atoms with Gasteiger partial charge < -0.3 is 5.32 Å². The van der Waals surface area contributed by atoms with Crippen molar-refractivity contribution < 1.29 is 4.79 Å². The molecule has 0 aliphatic heterocycles. The lowest BCUT2D eigenvalue weighted by molar-refractivity contribution is -0.117. The highest BCUT2D eigenvalue weighted by Crippen LogP contribution is 2.34. The van der Waals surface area contributed by atoms with Gasteiger partial charge in [0.1, 0.15) is 5.40 Å². The predicted molar refractivity (Wildman–Crippen MR) is 94.6 cm³/mol. The Balaban J connectivity index is 1.83. The number of nitriles is 1. The first kappa shape index (κ1) is 15.5. The number of carbonyl (C=O) groups is 1. The first-order chi connectivity index (χ1) is 11.2. The van der Waals surface area contributed by atoms with E-state index in [9.17, 15) is 4.79 Å². The maximum absolute atomic E-state index is 12.4. The minimum Gasteiger partial charge on any atom is -0.301 e. The third kappa shape index (κ3) is 3.36. The Hall–Kier alpha value is -2.36. The highest BCUT2D eigenvalue weighted by Gasteiger charge is 2.17. The van der Waals surface area contributed by atoms with E-state index in [0.29, 0.717) is 5.13 Å². The van der Waals surface area contributed by atoms with Crippen molar-refractivity contribution in [1.82, 2.24) is 4.98 Å². The van der Waals surface area contributed by atoms with Crippen LogP contribution in [0.5, 0.6) is 0 Å². The van der Waals surface area contributed by atoms with Crippen molar-refractivity contribution in [1.29, 1.82) is 5.26 Å². The van der Waals surface area contributed by atoms with Crippen molar-refractivity contribution in [3.63, 3.8) is 0 Å². The Labute approximate surface area is 142 Å². The number of fused-ring (bicyclic) bond motifs is 1. The van der Waals surface area contributed by atoms with Gasteiger partial charge in [-0.1, -0.05) is 47.7 Å². The molecule has 3 rings (SSSR count). The van der Waals surface area contributed by atoms with E-state index in [1.807, 2.05) is 55.5 Å². The fourth-order valence-electron chi connectivity index (χ4n) is 2.21. The Morgan fingerprint density at radius 3 is 2.78 bits per heavy atom. The highest BCUT2D eigenvalue weighted by molar-refractivity contribution is 8.04. The first-order valence-electron chi connectivity index (χ1n) is 7.00. The van der Waals surface area contributed by atoms with Gasteiger partial charge in [0.05, 0.1) is 16.1 Å². The average Bonchev–Trinajstić information content (AvgIpc) is 2.98. The number of hydrogen-bond acceptors (Lipinski definition) is 5. The van der Waals surface area contributed by atoms with Crippen molar-refractivity contribution in [2.75, 3.05) is 5.32 Å². The maximum Gasteiger partial charge on any atom is 0.233 e. The molecule has 0 spiro atoms. The summed E-state index contributed by atoms with van der Waals surface area (Å²) in [4.78, 5) is 17.7. The van der Waals surface area contributed by atoms with Gasteiger partial charge in [-0.3, -0.25) is 4.79 Å². The van der Waals surface area contributed by atoms with Crippen LogP contribution in [-0.4, -0.2) is 10.9 Å². The molecule has 6 heteroatoms. The Morgan fingerprint density at radius 1 is 1.26 bits per heavy atom. The average molecular weight is 339 g/mol. The molecule has 4 nitrogen and oxygen atoms in total. The van der Waals surface area contributed by atoms with Crippen LogP contribution in [-0.2, 0) is 4.79 Å². The molecule has 3 aromatic rings. The number of thiocyanates is 1. The molecule has 1 atom stereocenters. The van der Waals surface area contributed by atoms with E-state index in [2.05, 4.69) is 15.7 Å². The van der Waals surface area contributed by atoms with E-state index in [0.717, 1.165) is 32.4 Å². The molecular formula is C17H13N3OS2. The van der Waals surface area contributed by atoms with E-state index in [-0.39, 0.29) is 11.8 Å². The molecule has 1 heterocycles. The summed E-state index contributed by atoms with van der Waals surface area (Å²) in [5.74, 6) is -0.346. The molecule has 0 aliphatic rings. The smallest absolute Gasteiger partial charge is 0.233 e. The summed E-state index contributed by atoms with van der Waals surface area (Å²) in [7, 11) is 0. The molecule has 2 aromatic carbocycles.